The zero-order chi connectivity index (χ0) is 9.26. The predicted octanol–water partition coefficient (Wildman–Crippen LogP) is 2.63. The first-order valence-electron chi connectivity index (χ1n) is 3.72. The minimum absolute atomic E-state index is 0.391. The molecule has 1 heterocycles. The lowest BCUT2D eigenvalue weighted by Crippen LogP contribution is -1.95. The fourth-order valence-corrected chi connectivity index (χ4v) is 1.46. The molecule has 2 rings (SSSR count). The molecule has 0 aliphatic rings. The molecule has 13 heavy (non-hydrogen) atoms. The van der Waals surface area contributed by atoms with Gasteiger partial charge in [-0.25, -0.2) is 4.79 Å². The predicted molar refractivity (Wildman–Crippen MR) is 52.6 cm³/mol. The third-order valence-corrected chi connectivity index (χ3v) is 2.17. The van der Waals surface area contributed by atoms with Crippen molar-refractivity contribution in [2.24, 2.45) is 0 Å². The molecule has 1 aromatic carbocycles. The molecular formula is C9H6BrNO2. The first kappa shape index (κ1) is 8.31. The van der Waals surface area contributed by atoms with Crippen molar-refractivity contribution in [3.63, 3.8) is 0 Å². The first-order chi connectivity index (χ1) is 6.33. The zero-order valence-electron chi connectivity index (χ0n) is 6.58. The maximum absolute atomic E-state index is 11.2. The van der Waals surface area contributed by atoms with E-state index in [4.69, 9.17) is 0 Å². The number of H-pyrrole nitrogens is 1. The summed E-state index contributed by atoms with van der Waals surface area (Å²) in [4.78, 5) is 14.2. The van der Waals surface area contributed by atoms with Gasteiger partial charge in [0.2, 0.25) is 0 Å². The standard InChI is InChI=1S/C9H6BrNO2/c10-13-9(12)7-5-11-8-4-2-1-3-6(7)8/h1-5,11H. The molecule has 0 fully saturated rings. The minimum Gasteiger partial charge on any atom is -0.380 e. The van der Waals surface area contributed by atoms with E-state index in [1.165, 1.54) is 0 Å². The van der Waals surface area contributed by atoms with Crippen LogP contribution in [0.2, 0.25) is 0 Å². The average Bonchev–Trinajstić information content (AvgIpc) is 2.60. The Morgan fingerprint density at radius 1 is 1.38 bits per heavy atom. The van der Waals surface area contributed by atoms with Crippen LogP contribution < -0.4 is 0 Å². The normalized spacial score (nSPS) is 10.2. The molecule has 4 heteroatoms. The average molecular weight is 240 g/mol. The number of hydrogen-bond acceptors (Lipinski definition) is 2. The number of nitrogens with one attached hydrogen (secondary N) is 1. The van der Waals surface area contributed by atoms with E-state index in [1.54, 1.807) is 6.20 Å². The number of rotatable bonds is 1. The van der Waals surface area contributed by atoms with Crippen molar-refractivity contribution in [1.29, 1.82) is 0 Å². The Morgan fingerprint density at radius 3 is 2.92 bits per heavy atom. The summed E-state index contributed by atoms with van der Waals surface area (Å²) >= 11 is 2.66. The summed E-state index contributed by atoms with van der Waals surface area (Å²) in [5.74, 6) is -0.391. The zero-order valence-corrected chi connectivity index (χ0v) is 8.17. The van der Waals surface area contributed by atoms with Crippen LogP contribution in [0.15, 0.2) is 30.5 Å². The minimum atomic E-state index is -0.391. The van der Waals surface area contributed by atoms with Crippen LogP contribution in [0, 0.1) is 0 Å². The molecule has 0 amide bonds. The molecule has 0 radical (unpaired) electrons. The van der Waals surface area contributed by atoms with Gasteiger partial charge in [-0.05, 0) is 6.07 Å². The van der Waals surface area contributed by atoms with Gasteiger partial charge in [0.15, 0.2) is 16.3 Å². The number of benzene rings is 1. The number of halogens is 1. The SMILES string of the molecule is O=C(OBr)c1c[nH]c2ccccc12. The highest BCUT2D eigenvalue weighted by Gasteiger charge is 2.11. The Hall–Kier alpha value is -1.29. The highest BCUT2D eigenvalue weighted by atomic mass is 79.9. The summed E-state index contributed by atoms with van der Waals surface area (Å²) < 4.78 is 4.46. The van der Waals surface area contributed by atoms with Crippen molar-refractivity contribution in [2.45, 2.75) is 0 Å². The molecule has 0 aliphatic carbocycles. The van der Waals surface area contributed by atoms with Gasteiger partial charge >= 0.3 is 5.97 Å². The Kier molecular flexibility index (Phi) is 2.06. The lowest BCUT2D eigenvalue weighted by molar-refractivity contribution is 0.0784. The van der Waals surface area contributed by atoms with Crippen molar-refractivity contribution in [3.8, 4) is 0 Å². The molecule has 1 N–H and O–H groups in total. The molecule has 0 aliphatic heterocycles. The molecule has 0 bridgehead atoms. The molecule has 0 saturated heterocycles. The highest BCUT2D eigenvalue weighted by Crippen LogP contribution is 2.18. The number of carbonyl (C=O) groups is 1. The van der Waals surface area contributed by atoms with Crippen LogP contribution in [0.4, 0.5) is 0 Å². The lowest BCUT2D eigenvalue weighted by Gasteiger charge is -1.92. The van der Waals surface area contributed by atoms with Gasteiger partial charge in [-0.1, -0.05) is 18.2 Å². The van der Waals surface area contributed by atoms with E-state index in [0.717, 1.165) is 10.9 Å². The summed E-state index contributed by atoms with van der Waals surface area (Å²) in [6.07, 6.45) is 1.63. The maximum atomic E-state index is 11.2. The number of aromatic amines is 1. The number of para-hydroxylation sites is 1. The van der Waals surface area contributed by atoms with E-state index in [-0.39, 0.29) is 0 Å². The van der Waals surface area contributed by atoms with Crippen LogP contribution in [-0.2, 0) is 3.83 Å². The molecule has 0 atom stereocenters. The lowest BCUT2D eigenvalue weighted by atomic mass is 10.2. The van der Waals surface area contributed by atoms with Gasteiger partial charge in [0.1, 0.15) is 0 Å². The van der Waals surface area contributed by atoms with E-state index in [1.807, 2.05) is 24.3 Å². The summed E-state index contributed by atoms with van der Waals surface area (Å²) in [5.41, 5.74) is 1.46. The molecule has 0 unspecified atom stereocenters. The van der Waals surface area contributed by atoms with Crippen LogP contribution in [0.1, 0.15) is 10.4 Å². The van der Waals surface area contributed by atoms with Crippen molar-refractivity contribution in [2.75, 3.05) is 0 Å². The van der Waals surface area contributed by atoms with Crippen LogP contribution in [-0.4, -0.2) is 11.0 Å². The van der Waals surface area contributed by atoms with E-state index < -0.39 is 5.97 Å². The second kappa shape index (κ2) is 3.22. The number of aromatic nitrogens is 1. The van der Waals surface area contributed by atoms with E-state index >= 15 is 0 Å². The quantitative estimate of drug-likeness (QED) is 0.832. The number of hydrogen-bond donors (Lipinski definition) is 1. The molecular weight excluding hydrogens is 234 g/mol. The Bertz CT molecular complexity index is 450. The van der Waals surface area contributed by atoms with E-state index in [0.29, 0.717) is 5.56 Å². The van der Waals surface area contributed by atoms with Crippen LogP contribution in [0.3, 0.4) is 0 Å². The van der Waals surface area contributed by atoms with Gasteiger partial charge < -0.3 is 8.81 Å². The van der Waals surface area contributed by atoms with Gasteiger partial charge in [0.25, 0.3) is 0 Å². The fraction of sp³-hybridized carbons (Fsp3) is 0. The van der Waals surface area contributed by atoms with Gasteiger partial charge in [-0.15, -0.1) is 0 Å². The Balaban J connectivity index is 2.64. The first-order valence-corrected chi connectivity index (χ1v) is 4.36. The smallest absolute Gasteiger partial charge is 0.351 e. The molecule has 0 spiro atoms. The molecule has 66 valence electrons. The Labute approximate surface area is 83.2 Å². The Morgan fingerprint density at radius 2 is 2.15 bits per heavy atom. The molecule has 2 aromatic rings. The fourth-order valence-electron chi connectivity index (χ4n) is 1.28. The van der Waals surface area contributed by atoms with Gasteiger partial charge in [0, 0.05) is 17.1 Å². The molecule has 1 aromatic heterocycles. The highest BCUT2D eigenvalue weighted by molar-refractivity contribution is 9.06. The summed E-state index contributed by atoms with van der Waals surface area (Å²) in [6, 6.07) is 7.55. The largest absolute Gasteiger partial charge is 0.380 e. The summed E-state index contributed by atoms with van der Waals surface area (Å²) in [7, 11) is 0. The second-order valence-corrected chi connectivity index (χ2v) is 2.94. The van der Waals surface area contributed by atoms with Gasteiger partial charge in [-0.3, -0.25) is 0 Å². The van der Waals surface area contributed by atoms with Crippen molar-refractivity contribution >= 4 is 33.1 Å². The van der Waals surface area contributed by atoms with Crippen LogP contribution >= 0.6 is 16.3 Å². The van der Waals surface area contributed by atoms with Gasteiger partial charge in [-0.2, -0.15) is 0 Å². The molecule has 0 saturated carbocycles. The number of fused-ring (bicyclic) bond motifs is 1. The van der Waals surface area contributed by atoms with E-state index in [9.17, 15) is 4.79 Å². The number of carbonyl (C=O) groups excluding carboxylic acids is 1. The van der Waals surface area contributed by atoms with Gasteiger partial charge in [0.05, 0.1) is 5.56 Å². The van der Waals surface area contributed by atoms with Crippen molar-refractivity contribution in [1.82, 2.24) is 4.98 Å². The molecule has 3 nitrogen and oxygen atoms in total. The van der Waals surface area contributed by atoms with Crippen LogP contribution in [0.25, 0.3) is 10.9 Å². The van der Waals surface area contributed by atoms with E-state index in [2.05, 4.69) is 25.1 Å². The third-order valence-electron chi connectivity index (χ3n) is 1.88. The summed E-state index contributed by atoms with van der Waals surface area (Å²) in [5, 5.41) is 0.868. The topological polar surface area (TPSA) is 42.1 Å². The second-order valence-electron chi connectivity index (χ2n) is 2.61. The maximum Gasteiger partial charge on any atom is 0.351 e. The third kappa shape index (κ3) is 1.33. The van der Waals surface area contributed by atoms with Crippen molar-refractivity contribution < 1.29 is 8.62 Å². The van der Waals surface area contributed by atoms with Crippen molar-refractivity contribution in [3.05, 3.63) is 36.0 Å². The summed E-state index contributed by atoms with van der Waals surface area (Å²) in [6.45, 7) is 0. The van der Waals surface area contributed by atoms with Crippen LogP contribution in [0.5, 0.6) is 0 Å². The monoisotopic (exact) mass is 239 g/mol.